The van der Waals surface area contributed by atoms with Crippen molar-refractivity contribution >= 4 is 24.1 Å². The van der Waals surface area contributed by atoms with Crippen molar-refractivity contribution in [2.24, 2.45) is 11.8 Å². The van der Waals surface area contributed by atoms with Crippen LogP contribution in [0.5, 0.6) is 11.5 Å². The van der Waals surface area contributed by atoms with Crippen LogP contribution in [0, 0.1) is 11.8 Å². The van der Waals surface area contributed by atoms with E-state index in [1.807, 2.05) is 41.5 Å². The highest BCUT2D eigenvalue weighted by Gasteiger charge is 2.44. The Balaban J connectivity index is 3.37. The lowest BCUT2D eigenvalue weighted by Gasteiger charge is -2.32. The summed E-state index contributed by atoms with van der Waals surface area (Å²) in [7, 11) is 0. The van der Waals surface area contributed by atoms with Crippen molar-refractivity contribution < 1.29 is 43.2 Å². The zero-order valence-electron chi connectivity index (χ0n) is 25.0. The second kappa shape index (κ2) is 17.5. The summed E-state index contributed by atoms with van der Waals surface area (Å²) in [6.45, 7) is 13.6. The summed E-state index contributed by atoms with van der Waals surface area (Å²) in [6.07, 6.45) is 2.13. The summed E-state index contributed by atoms with van der Waals surface area (Å²) in [4.78, 5) is 50.0. The Labute approximate surface area is 238 Å². The van der Waals surface area contributed by atoms with Gasteiger partial charge in [-0.15, -0.1) is 0 Å². The molecule has 2 N–H and O–H groups in total. The molecule has 1 unspecified atom stereocenters. The first-order valence-corrected chi connectivity index (χ1v) is 14.2. The zero-order valence-corrected chi connectivity index (χ0v) is 25.0. The van der Waals surface area contributed by atoms with Crippen LogP contribution in [0.4, 0.5) is 4.79 Å². The summed E-state index contributed by atoms with van der Waals surface area (Å²) in [5, 5.41) is 13.1. The number of aliphatic carboxylic acids is 1. The van der Waals surface area contributed by atoms with Crippen LogP contribution >= 0.6 is 0 Å². The van der Waals surface area contributed by atoms with Gasteiger partial charge >= 0.3 is 24.1 Å². The maximum Gasteiger partial charge on any atom is 0.510 e. The third kappa shape index (κ3) is 12.8. The molecule has 0 spiro atoms. The molecule has 1 rings (SSSR count). The van der Waals surface area contributed by atoms with Crippen LogP contribution in [0.3, 0.4) is 0 Å². The molecule has 0 aliphatic heterocycles. The summed E-state index contributed by atoms with van der Waals surface area (Å²) in [5.74, 6) is -1.78. The molecule has 40 heavy (non-hydrogen) atoms. The highest BCUT2D eigenvalue weighted by Crippen LogP contribution is 2.32. The molecule has 2 atom stereocenters. The molecule has 226 valence electrons. The number of esters is 2. The van der Waals surface area contributed by atoms with Crippen LogP contribution in [0.15, 0.2) is 18.2 Å². The van der Waals surface area contributed by atoms with Crippen LogP contribution in [-0.4, -0.2) is 47.5 Å². The van der Waals surface area contributed by atoms with Gasteiger partial charge in [0, 0.05) is 25.3 Å². The van der Waals surface area contributed by atoms with Crippen LogP contribution in [0.2, 0.25) is 0 Å². The van der Waals surface area contributed by atoms with Crippen molar-refractivity contribution in [3.05, 3.63) is 23.8 Å². The van der Waals surface area contributed by atoms with Crippen LogP contribution < -0.4 is 14.8 Å². The van der Waals surface area contributed by atoms with Gasteiger partial charge in [0.25, 0.3) is 5.72 Å². The SMILES string of the molecule is CCCCOC(=O)O[C@](Cc1ccc(OC(=O)CCC(C)C)c(OC(=O)CCC(C)C)c1)(NC(C)CC)C(=O)O. The summed E-state index contributed by atoms with van der Waals surface area (Å²) in [5.41, 5.74) is -1.79. The first-order valence-electron chi connectivity index (χ1n) is 14.2. The van der Waals surface area contributed by atoms with Crippen molar-refractivity contribution in [3.8, 4) is 11.5 Å². The number of carbonyl (C=O) groups excluding carboxylic acids is 3. The molecule has 0 saturated heterocycles. The second-order valence-corrected chi connectivity index (χ2v) is 10.9. The highest BCUT2D eigenvalue weighted by atomic mass is 16.7. The first-order chi connectivity index (χ1) is 18.8. The Bertz CT molecular complexity index is 976. The number of hydrogen-bond donors (Lipinski definition) is 2. The van der Waals surface area contributed by atoms with Gasteiger partial charge in [0.15, 0.2) is 11.5 Å². The summed E-state index contributed by atoms with van der Waals surface area (Å²) < 4.78 is 21.5. The minimum atomic E-state index is -2.16. The van der Waals surface area contributed by atoms with Gasteiger partial charge in [0.1, 0.15) is 0 Å². The Morgan fingerprint density at radius 2 is 1.48 bits per heavy atom. The van der Waals surface area contributed by atoms with Gasteiger partial charge in [-0.25, -0.2) is 9.59 Å². The van der Waals surface area contributed by atoms with Crippen molar-refractivity contribution in [2.45, 2.75) is 112 Å². The number of carbonyl (C=O) groups is 4. The molecule has 1 aromatic carbocycles. The van der Waals surface area contributed by atoms with E-state index >= 15 is 0 Å². The van der Waals surface area contributed by atoms with Crippen molar-refractivity contribution in [3.63, 3.8) is 0 Å². The van der Waals surface area contributed by atoms with E-state index in [2.05, 4.69) is 5.32 Å². The molecule has 10 heteroatoms. The Morgan fingerprint density at radius 1 is 0.900 bits per heavy atom. The lowest BCUT2D eigenvalue weighted by Crippen LogP contribution is -2.59. The molecular formula is C30H47NO9. The molecule has 0 amide bonds. The minimum Gasteiger partial charge on any atom is -0.477 e. The third-order valence-corrected chi connectivity index (χ3v) is 6.17. The maximum atomic E-state index is 12.6. The van der Waals surface area contributed by atoms with E-state index in [-0.39, 0.29) is 49.3 Å². The van der Waals surface area contributed by atoms with Gasteiger partial charge in [-0.05, 0) is 62.1 Å². The van der Waals surface area contributed by atoms with Gasteiger partial charge in [-0.3, -0.25) is 14.9 Å². The Kier molecular flexibility index (Phi) is 15.3. The topological polar surface area (TPSA) is 137 Å². The number of ether oxygens (including phenoxy) is 4. The molecular weight excluding hydrogens is 518 g/mol. The smallest absolute Gasteiger partial charge is 0.477 e. The van der Waals surface area contributed by atoms with E-state index in [9.17, 15) is 24.3 Å². The number of unbranched alkanes of at least 4 members (excludes halogenated alkanes) is 1. The molecule has 0 radical (unpaired) electrons. The molecule has 0 aliphatic rings. The average molecular weight is 566 g/mol. The first kappa shape index (κ1) is 34.9. The number of benzene rings is 1. The van der Waals surface area contributed by atoms with E-state index in [0.29, 0.717) is 37.2 Å². The van der Waals surface area contributed by atoms with E-state index < -0.39 is 29.8 Å². The minimum absolute atomic E-state index is 0.0162. The predicted molar refractivity (Wildman–Crippen MR) is 150 cm³/mol. The number of carboxylic acid groups (broad SMARTS) is 1. The van der Waals surface area contributed by atoms with Crippen molar-refractivity contribution in [2.75, 3.05) is 6.61 Å². The Hall–Kier alpha value is -3.14. The van der Waals surface area contributed by atoms with Gasteiger partial charge in [-0.1, -0.05) is 54.0 Å². The molecule has 0 aliphatic carbocycles. The van der Waals surface area contributed by atoms with Crippen LogP contribution in [0.1, 0.15) is 99.0 Å². The molecule has 0 bridgehead atoms. The second-order valence-electron chi connectivity index (χ2n) is 10.9. The fourth-order valence-corrected chi connectivity index (χ4v) is 3.54. The van der Waals surface area contributed by atoms with Crippen molar-refractivity contribution in [1.82, 2.24) is 5.32 Å². The number of rotatable bonds is 18. The highest BCUT2D eigenvalue weighted by molar-refractivity contribution is 5.81. The van der Waals surface area contributed by atoms with Gasteiger partial charge in [0.05, 0.1) is 6.61 Å². The van der Waals surface area contributed by atoms with E-state index in [0.717, 1.165) is 6.42 Å². The Morgan fingerprint density at radius 3 is 1.98 bits per heavy atom. The number of carboxylic acids is 1. The standard InChI is InChI=1S/C30H47NO9/c1-8-10-17-37-29(36)40-30(28(34)35,31-22(7)9-2)19-23-13-14-24(38-26(32)15-11-20(3)4)25(18-23)39-27(33)16-12-21(5)6/h13-14,18,20-22,31H,8-12,15-17,19H2,1-7H3,(H,34,35)/t22?,30-/m0/s1. The fraction of sp³-hybridized carbons (Fsp3) is 0.667. The van der Waals surface area contributed by atoms with E-state index in [1.165, 1.54) is 18.2 Å². The monoisotopic (exact) mass is 565 g/mol. The molecule has 0 heterocycles. The summed E-state index contributed by atoms with van der Waals surface area (Å²) >= 11 is 0. The predicted octanol–water partition coefficient (Wildman–Crippen LogP) is 6.03. The maximum absolute atomic E-state index is 12.6. The normalized spacial score (nSPS) is 13.4. The summed E-state index contributed by atoms with van der Waals surface area (Å²) in [6, 6.07) is 4.09. The molecule has 1 aromatic rings. The molecule has 0 fully saturated rings. The average Bonchev–Trinajstić information content (AvgIpc) is 2.87. The largest absolute Gasteiger partial charge is 0.510 e. The van der Waals surface area contributed by atoms with Crippen LogP contribution in [0.25, 0.3) is 0 Å². The third-order valence-electron chi connectivity index (χ3n) is 6.17. The van der Waals surface area contributed by atoms with E-state index in [1.54, 1.807) is 6.92 Å². The lowest BCUT2D eigenvalue weighted by atomic mass is 10.00. The molecule has 10 nitrogen and oxygen atoms in total. The lowest BCUT2D eigenvalue weighted by molar-refractivity contribution is -0.167. The molecule has 0 saturated carbocycles. The van der Waals surface area contributed by atoms with E-state index in [4.69, 9.17) is 18.9 Å². The molecule has 0 aromatic heterocycles. The van der Waals surface area contributed by atoms with Gasteiger partial charge in [0.2, 0.25) is 0 Å². The van der Waals surface area contributed by atoms with Gasteiger partial charge in [-0.2, -0.15) is 0 Å². The number of nitrogens with one attached hydrogen (secondary N) is 1. The fourth-order valence-electron chi connectivity index (χ4n) is 3.54. The van der Waals surface area contributed by atoms with Crippen LogP contribution in [-0.2, 0) is 30.3 Å². The number of hydrogen-bond acceptors (Lipinski definition) is 9. The zero-order chi connectivity index (χ0) is 30.3. The van der Waals surface area contributed by atoms with Crippen molar-refractivity contribution in [1.29, 1.82) is 0 Å². The quantitative estimate of drug-likeness (QED) is 0.0938. The van der Waals surface area contributed by atoms with Gasteiger partial charge < -0.3 is 24.1 Å².